The predicted molar refractivity (Wildman–Crippen MR) is 70.4 cm³/mol. The third-order valence-electron chi connectivity index (χ3n) is 3.36. The highest BCUT2D eigenvalue weighted by atomic mass is 19.1. The van der Waals surface area contributed by atoms with E-state index in [9.17, 15) is 4.39 Å². The van der Waals surface area contributed by atoms with E-state index >= 15 is 0 Å². The van der Waals surface area contributed by atoms with E-state index in [0.29, 0.717) is 12.4 Å². The van der Waals surface area contributed by atoms with E-state index in [1.54, 1.807) is 18.2 Å². The van der Waals surface area contributed by atoms with Crippen LogP contribution in [0.1, 0.15) is 6.42 Å². The van der Waals surface area contributed by atoms with E-state index in [2.05, 4.69) is 10.2 Å². The van der Waals surface area contributed by atoms with Crippen molar-refractivity contribution in [1.82, 2.24) is 10.2 Å². The summed E-state index contributed by atoms with van der Waals surface area (Å²) in [6.45, 7) is 4.72. The highest BCUT2D eigenvalue weighted by Gasteiger charge is 2.21. The summed E-state index contributed by atoms with van der Waals surface area (Å²) >= 11 is 0. The molecule has 0 spiro atoms. The van der Waals surface area contributed by atoms with E-state index in [1.165, 1.54) is 12.5 Å². The second-order valence-electron chi connectivity index (χ2n) is 4.79. The van der Waals surface area contributed by atoms with E-state index in [-0.39, 0.29) is 5.82 Å². The van der Waals surface area contributed by atoms with Gasteiger partial charge in [-0.25, -0.2) is 4.39 Å². The Kier molecular flexibility index (Phi) is 4.96. The molecule has 0 amide bonds. The third kappa shape index (κ3) is 3.68. The second kappa shape index (κ2) is 6.71. The molecule has 3 nitrogen and oxygen atoms in total. The van der Waals surface area contributed by atoms with Crippen molar-refractivity contribution in [3.05, 3.63) is 30.1 Å². The minimum Gasteiger partial charge on any atom is -0.489 e. The SMILES string of the molecule is CNCC1CCN(CCOc2ccccc2F)C1. The zero-order chi connectivity index (χ0) is 12.8. The third-order valence-corrected chi connectivity index (χ3v) is 3.36. The van der Waals surface area contributed by atoms with Gasteiger partial charge in [0.25, 0.3) is 0 Å². The Morgan fingerprint density at radius 2 is 2.28 bits per heavy atom. The van der Waals surface area contributed by atoms with Crippen LogP contribution < -0.4 is 10.1 Å². The molecule has 1 aromatic carbocycles. The Balaban J connectivity index is 1.69. The van der Waals surface area contributed by atoms with Crippen molar-refractivity contribution in [2.24, 2.45) is 5.92 Å². The van der Waals surface area contributed by atoms with Gasteiger partial charge in [0.2, 0.25) is 0 Å². The molecule has 1 heterocycles. The summed E-state index contributed by atoms with van der Waals surface area (Å²) in [6.07, 6.45) is 1.24. The summed E-state index contributed by atoms with van der Waals surface area (Å²) in [5, 5.41) is 3.21. The molecule has 1 N–H and O–H groups in total. The molecule has 0 radical (unpaired) electrons. The molecule has 1 aliphatic heterocycles. The summed E-state index contributed by atoms with van der Waals surface area (Å²) in [4.78, 5) is 2.38. The number of hydrogen-bond donors (Lipinski definition) is 1. The van der Waals surface area contributed by atoms with Crippen LogP contribution in [0.4, 0.5) is 4.39 Å². The molecular formula is C14H21FN2O. The number of benzene rings is 1. The maximum absolute atomic E-state index is 13.3. The lowest BCUT2D eigenvalue weighted by molar-refractivity contribution is 0.226. The molecule has 0 saturated carbocycles. The lowest BCUT2D eigenvalue weighted by Gasteiger charge is -2.16. The molecule has 1 unspecified atom stereocenters. The molecule has 0 aliphatic carbocycles. The van der Waals surface area contributed by atoms with Crippen molar-refractivity contribution in [2.75, 3.05) is 39.8 Å². The minimum atomic E-state index is -0.285. The molecule has 1 saturated heterocycles. The molecule has 0 bridgehead atoms. The standard InChI is InChI=1S/C14H21FN2O/c1-16-10-12-6-7-17(11-12)8-9-18-14-5-3-2-4-13(14)15/h2-5,12,16H,6-11H2,1H3. The van der Waals surface area contributed by atoms with Gasteiger partial charge in [0.1, 0.15) is 6.61 Å². The Bertz CT molecular complexity index is 373. The number of nitrogens with one attached hydrogen (secondary N) is 1. The molecule has 0 aromatic heterocycles. The van der Waals surface area contributed by atoms with Gasteiger partial charge in [-0.2, -0.15) is 0 Å². The molecule has 1 aromatic rings. The fourth-order valence-electron chi connectivity index (χ4n) is 2.42. The van der Waals surface area contributed by atoms with E-state index in [1.807, 2.05) is 7.05 Å². The van der Waals surface area contributed by atoms with Crippen LogP contribution in [-0.4, -0.2) is 44.7 Å². The van der Waals surface area contributed by atoms with Crippen molar-refractivity contribution in [1.29, 1.82) is 0 Å². The second-order valence-corrected chi connectivity index (χ2v) is 4.79. The van der Waals surface area contributed by atoms with Crippen molar-refractivity contribution in [3.8, 4) is 5.75 Å². The lowest BCUT2D eigenvalue weighted by Crippen LogP contribution is -2.28. The first-order valence-electron chi connectivity index (χ1n) is 6.54. The van der Waals surface area contributed by atoms with Gasteiger partial charge in [-0.15, -0.1) is 0 Å². The van der Waals surface area contributed by atoms with Crippen LogP contribution in [0.25, 0.3) is 0 Å². The summed E-state index contributed by atoms with van der Waals surface area (Å²) in [5.41, 5.74) is 0. The molecule has 1 fully saturated rings. The molecule has 2 rings (SSSR count). The summed E-state index contributed by atoms with van der Waals surface area (Å²) in [6, 6.07) is 6.56. The van der Waals surface area contributed by atoms with Crippen LogP contribution in [0.3, 0.4) is 0 Å². The number of nitrogens with zero attached hydrogens (tertiary/aromatic N) is 1. The first-order valence-corrected chi connectivity index (χ1v) is 6.54. The van der Waals surface area contributed by atoms with E-state index in [4.69, 9.17) is 4.74 Å². The van der Waals surface area contributed by atoms with Crippen molar-refractivity contribution >= 4 is 0 Å². The van der Waals surface area contributed by atoms with Crippen molar-refractivity contribution < 1.29 is 9.13 Å². The van der Waals surface area contributed by atoms with Crippen LogP contribution in [0.5, 0.6) is 5.75 Å². The van der Waals surface area contributed by atoms with Crippen LogP contribution in [0, 0.1) is 11.7 Å². The Labute approximate surface area is 108 Å². The largest absolute Gasteiger partial charge is 0.489 e. The van der Waals surface area contributed by atoms with Crippen LogP contribution >= 0.6 is 0 Å². The van der Waals surface area contributed by atoms with Gasteiger partial charge >= 0.3 is 0 Å². The number of halogens is 1. The Morgan fingerprint density at radius 1 is 1.44 bits per heavy atom. The number of para-hydroxylation sites is 1. The minimum absolute atomic E-state index is 0.285. The molecule has 4 heteroatoms. The van der Waals surface area contributed by atoms with Gasteiger partial charge in [0, 0.05) is 13.1 Å². The summed E-state index contributed by atoms with van der Waals surface area (Å²) < 4.78 is 18.8. The zero-order valence-electron chi connectivity index (χ0n) is 10.9. The lowest BCUT2D eigenvalue weighted by atomic mass is 10.1. The van der Waals surface area contributed by atoms with Crippen LogP contribution in [-0.2, 0) is 0 Å². The highest BCUT2D eigenvalue weighted by Crippen LogP contribution is 2.17. The predicted octanol–water partition coefficient (Wildman–Crippen LogP) is 1.75. The van der Waals surface area contributed by atoms with Crippen molar-refractivity contribution in [3.63, 3.8) is 0 Å². The number of ether oxygens (including phenoxy) is 1. The fraction of sp³-hybridized carbons (Fsp3) is 0.571. The van der Waals surface area contributed by atoms with E-state index < -0.39 is 0 Å². The van der Waals surface area contributed by atoms with Gasteiger partial charge in [0.15, 0.2) is 11.6 Å². The maximum Gasteiger partial charge on any atom is 0.165 e. The molecule has 1 atom stereocenters. The van der Waals surface area contributed by atoms with Crippen molar-refractivity contribution in [2.45, 2.75) is 6.42 Å². The van der Waals surface area contributed by atoms with Crippen LogP contribution in [0.2, 0.25) is 0 Å². The van der Waals surface area contributed by atoms with Crippen LogP contribution in [0.15, 0.2) is 24.3 Å². The van der Waals surface area contributed by atoms with Gasteiger partial charge in [-0.3, -0.25) is 4.90 Å². The smallest absolute Gasteiger partial charge is 0.165 e. The summed E-state index contributed by atoms with van der Waals surface area (Å²) in [7, 11) is 1.99. The van der Waals surface area contributed by atoms with Gasteiger partial charge in [-0.1, -0.05) is 12.1 Å². The van der Waals surface area contributed by atoms with E-state index in [0.717, 1.165) is 32.1 Å². The normalized spacial score (nSPS) is 20.2. The monoisotopic (exact) mass is 252 g/mol. The fourth-order valence-corrected chi connectivity index (χ4v) is 2.42. The first kappa shape index (κ1) is 13.3. The Hall–Kier alpha value is -1.13. The quantitative estimate of drug-likeness (QED) is 0.834. The molecule has 18 heavy (non-hydrogen) atoms. The number of likely N-dealkylation sites (tertiary alicyclic amines) is 1. The number of hydrogen-bond acceptors (Lipinski definition) is 3. The van der Waals surface area contributed by atoms with Gasteiger partial charge < -0.3 is 10.1 Å². The maximum atomic E-state index is 13.3. The average Bonchev–Trinajstić information content (AvgIpc) is 2.80. The zero-order valence-corrected chi connectivity index (χ0v) is 10.9. The highest BCUT2D eigenvalue weighted by molar-refractivity contribution is 5.23. The molecule has 1 aliphatic rings. The number of rotatable bonds is 6. The molecule has 100 valence electrons. The Morgan fingerprint density at radius 3 is 3.06 bits per heavy atom. The average molecular weight is 252 g/mol. The van der Waals surface area contributed by atoms with Gasteiger partial charge in [-0.05, 0) is 44.6 Å². The summed E-state index contributed by atoms with van der Waals surface area (Å²) in [5.74, 6) is 0.805. The first-order chi connectivity index (χ1) is 8.79. The molecular weight excluding hydrogens is 231 g/mol. The topological polar surface area (TPSA) is 24.5 Å². The van der Waals surface area contributed by atoms with Gasteiger partial charge in [0.05, 0.1) is 0 Å².